The molecule has 3 aromatic rings. The van der Waals surface area contributed by atoms with Crippen LogP contribution in [0.3, 0.4) is 0 Å². The Kier molecular flexibility index (Phi) is 8.75. The molecule has 0 bridgehead atoms. The lowest BCUT2D eigenvalue weighted by atomic mass is 10.0. The van der Waals surface area contributed by atoms with Crippen LogP contribution in [0.1, 0.15) is 5.56 Å². The second kappa shape index (κ2) is 11.7. The summed E-state index contributed by atoms with van der Waals surface area (Å²) >= 11 is 3.40. The summed E-state index contributed by atoms with van der Waals surface area (Å²) in [5.41, 5.74) is 1.03. The second-order valence-electron chi connectivity index (χ2n) is 7.07. The maximum Gasteiger partial charge on any atom is 0.161 e. The summed E-state index contributed by atoms with van der Waals surface area (Å²) < 4.78 is 20.0. The lowest BCUT2D eigenvalue weighted by molar-refractivity contribution is 0.0755. The first-order valence-corrected chi connectivity index (χ1v) is 10.9. The van der Waals surface area contributed by atoms with Crippen LogP contribution in [0, 0.1) is 0 Å². The molecule has 0 radical (unpaired) electrons. The lowest BCUT2D eigenvalue weighted by Gasteiger charge is -2.23. The fraction of sp³-hybridized carbons (Fsp3) is 0.348. The van der Waals surface area contributed by atoms with Crippen LogP contribution in [0.15, 0.2) is 65.7 Å². The van der Waals surface area contributed by atoms with Crippen molar-refractivity contribution in [2.24, 2.45) is 0 Å². The number of aliphatic hydroxyl groups is 1. The van der Waals surface area contributed by atoms with Crippen molar-refractivity contribution in [3.05, 3.63) is 71.2 Å². The van der Waals surface area contributed by atoms with E-state index in [1.807, 2.05) is 60.3 Å². The Labute approximate surface area is 191 Å². The number of likely N-dealkylation sites (N-methyl/N-ethyl adjacent to an activating group) is 1. The van der Waals surface area contributed by atoms with E-state index in [0.717, 1.165) is 15.8 Å². The van der Waals surface area contributed by atoms with E-state index in [-0.39, 0.29) is 12.6 Å². The van der Waals surface area contributed by atoms with Gasteiger partial charge in [0.1, 0.15) is 25.1 Å². The van der Waals surface area contributed by atoms with Gasteiger partial charge in [0.25, 0.3) is 0 Å². The van der Waals surface area contributed by atoms with E-state index in [1.54, 1.807) is 19.6 Å². The zero-order chi connectivity index (χ0) is 22.1. The molecule has 2 unspecified atom stereocenters. The Morgan fingerprint density at radius 1 is 1.13 bits per heavy atom. The second-order valence-corrected chi connectivity index (χ2v) is 7.98. The third kappa shape index (κ3) is 6.99. The van der Waals surface area contributed by atoms with E-state index in [1.165, 1.54) is 0 Å². The van der Waals surface area contributed by atoms with Gasteiger partial charge in [0, 0.05) is 22.9 Å². The minimum atomic E-state index is -0.675. The van der Waals surface area contributed by atoms with Crippen molar-refractivity contribution in [1.29, 1.82) is 0 Å². The first-order valence-electron chi connectivity index (χ1n) is 10.1. The highest BCUT2D eigenvalue weighted by Crippen LogP contribution is 2.29. The number of aromatic nitrogens is 2. The molecule has 0 aliphatic carbocycles. The van der Waals surface area contributed by atoms with E-state index in [2.05, 4.69) is 26.2 Å². The van der Waals surface area contributed by atoms with Gasteiger partial charge in [-0.3, -0.25) is 0 Å². The average molecular weight is 490 g/mol. The fourth-order valence-corrected chi connectivity index (χ4v) is 3.42. The highest BCUT2D eigenvalue weighted by atomic mass is 79.9. The minimum Gasteiger partial charge on any atom is -0.493 e. The van der Waals surface area contributed by atoms with Crippen molar-refractivity contribution in [3.8, 4) is 17.2 Å². The number of methoxy groups -OCH3 is 1. The zero-order valence-electron chi connectivity index (χ0n) is 17.7. The molecule has 0 aliphatic rings. The SMILES string of the molecule is CNC(Cc1ccc(OCCn2ccnc2)c(OC)c1)C(O)COc1ccc(Br)cc1. The van der Waals surface area contributed by atoms with E-state index in [9.17, 15) is 5.11 Å². The first-order chi connectivity index (χ1) is 15.1. The third-order valence-corrected chi connectivity index (χ3v) is 5.45. The predicted molar refractivity (Wildman–Crippen MR) is 123 cm³/mol. The normalized spacial score (nSPS) is 12.9. The Hall–Kier alpha value is -2.55. The minimum absolute atomic E-state index is 0.173. The highest BCUT2D eigenvalue weighted by molar-refractivity contribution is 9.10. The van der Waals surface area contributed by atoms with Crippen LogP contribution < -0.4 is 19.5 Å². The lowest BCUT2D eigenvalue weighted by Crippen LogP contribution is -2.42. The van der Waals surface area contributed by atoms with Gasteiger partial charge in [0.05, 0.1) is 20.0 Å². The molecule has 0 amide bonds. The number of aliphatic hydroxyl groups excluding tert-OH is 1. The van der Waals surface area contributed by atoms with Crippen molar-refractivity contribution in [3.63, 3.8) is 0 Å². The van der Waals surface area contributed by atoms with Gasteiger partial charge in [-0.05, 0) is 55.4 Å². The molecular formula is C23H28BrN3O4. The standard InChI is InChI=1S/C23H28BrN3O4/c1-25-20(21(28)15-31-19-6-4-18(24)5-7-19)13-17-3-8-22(23(14-17)29-2)30-12-11-27-10-9-26-16-27/h3-10,14,16,20-21,25,28H,11-13,15H2,1-2H3. The molecule has 0 aliphatic heterocycles. The number of halogens is 1. The topological polar surface area (TPSA) is 77.8 Å². The summed E-state index contributed by atoms with van der Waals surface area (Å²) in [5, 5.41) is 13.8. The molecule has 0 fully saturated rings. The Balaban J connectivity index is 1.55. The number of hydrogen-bond acceptors (Lipinski definition) is 6. The number of hydrogen-bond donors (Lipinski definition) is 2. The molecule has 8 heteroatoms. The number of rotatable bonds is 12. The van der Waals surface area contributed by atoms with Crippen LogP contribution in [0.2, 0.25) is 0 Å². The number of benzene rings is 2. The maximum atomic E-state index is 10.6. The van der Waals surface area contributed by atoms with Gasteiger partial charge >= 0.3 is 0 Å². The summed E-state index contributed by atoms with van der Waals surface area (Å²) in [6, 6.07) is 13.2. The summed E-state index contributed by atoms with van der Waals surface area (Å²) in [6.07, 6.45) is 5.34. The Bertz CT molecular complexity index is 919. The van der Waals surface area contributed by atoms with E-state index in [0.29, 0.717) is 31.1 Å². The fourth-order valence-electron chi connectivity index (χ4n) is 3.15. The number of nitrogens with zero attached hydrogens (tertiary/aromatic N) is 2. The third-order valence-electron chi connectivity index (χ3n) is 4.92. The quantitative estimate of drug-likeness (QED) is 0.406. The molecule has 2 atom stereocenters. The summed E-state index contributed by atoms with van der Waals surface area (Å²) in [7, 11) is 3.45. The number of ether oxygens (including phenoxy) is 3. The molecule has 166 valence electrons. The van der Waals surface area contributed by atoms with Crippen molar-refractivity contribution >= 4 is 15.9 Å². The Morgan fingerprint density at radius 2 is 1.94 bits per heavy atom. The Morgan fingerprint density at radius 3 is 2.61 bits per heavy atom. The van der Waals surface area contributed by atoms with E-state index < -0.39 is 6.10 Å². The maximum absolute atomic E-state index is 10.6. The molecule has 3 rings (SSSR count). The van der Waals surface area contributed by atoms with Crippen molar-refractivity contribution in [2.75, 3.05) is 27.4 Å². The van der Waals surface area contributed by atoms with Crippen LogP contribution in [0.25, 0.3) is 0 Å². The molecule has 2 aromatic carbocycles. The molecule has 7 nitrogen and oxygen atoms in total. The van der Waals surface area contributed by atoms with Gasteiger partial charge in [0.15, 0.2) is 11.5 Å². The van der Waals surface area contributed by atoms with Gasteiger partial charge in [0.2, 0.25) is 0 Å². The summed E-state index contributed by atoms with van der Waals surface area (Å²) in [5.74, 6) is 2.07. The van der Waals surface area contributed by atoms with Crippen LogP contribution in [-0.4, -0.2) is 54.2 Å². The number of imidazole rings is 1. The van der Waals surface area contributed by atoms with Crippen LogP contribution in [0.5, 0.6) is 17.2 Å². The van der Waals surface area contributed by atoms with E-state index >= 15 is 0 Å². The predicted octanol–water partition coefficient (Wildman–Crippen LogP) is 3.30. The monoisotopic (exact) mass is 489 g/mol. The van der Waals surface area contributed by atoms with Gasteiger partial charge in [-0.1, -0.05) is 22.0 Å². The summed E-state index contributed by atoms with van der Waals surface area (Å²) in [6.45, 7) is 1.41. The molecule has 1 aromatic heterocycles. The van der Waals surface area contributed by atoms with Gasteiger partial charge in [-0.15, -0.1) is 0 Å². The molecule has 31 heavy (non-hydrogen) atoms. The number of nitrogens with one attached hydrogen (secondary N) is 1. The van der Waals surface area contributed by atoms with Crippen LogP contribution >= 0.6 is 15.9 Å². The van der Waals surface area contributed by atoms with E-state index in [4.69, 9.17) is 14.2 Å². The highest BCUT2D eigenvalue weighted by Gasteiger charge is 2.19. The van der Waals surface area contributed by atoms with Crippen molar-refractivity contribution in [2.45, 2.75) is 25.1 Å². The largest absolute Gasteiger partial charge is 0.493 e. The molecule has 2 N–H and O–H groups in total. The molecular weight excluding hydrogens is 462 g/mol. The first kappa shape index (κ1) is 23.1. The van der Waals surface area contributed by atoms with Gasteiger partial charge in [-0.25, -0.2) is 4.98 Å². The average Bonchev–Trinajstić information content (AvgIpc) is 3.31. The summed E-state index contributed by atoms with van der Waals surface area (Å²) in [4.78, 5) is 4.02. The molecule has 0 saturated heterocycles. The van der Waals surface area contributed by atoms with Gasteiger partial charge in [-0.2, -0.15) is 0 Å². The zero-order valence-corrected chi connectivity index (χ0v) is 19.3. The van der Waals surface area contributed by atoms with Gasteiger partial charge < -0.3 is 29.2 Å². The van der Waals surface area contributed by atoms with Crippen molar-refractivity contribution in [1.82, 2.24) is 14.9 Å². The smallest absolute Gasteiger partial charge is 0.161 e. The van der Waals surface area contributed by atoms with Crippen LogP contribution in [0.4, 0.5) is 0 Å². The molecule has 0 spiro atoms. The van der Waals surface area contributed by atoms with Crippen LogP contribution in [-0.2, 0) is 13.0 Å². The van der Waals surface area contributed by atoms with Crippen molar-refractivity contribution < 1.29 is 19.3 Å². The molecule has 0 saturated carbocycles. The molecule has 1 heterocycles.